The monoisotopic (exact) mass is 220 g/mol. The zero-order valence-electron chi connectivity index (χ0n) is 10.3. The second-order valence-electron chi connectivity index (χ2n) is 4.14. The molecule has 16 heavy (non-hydrogen) atoms. The van der Waals surface area contributed by atoms with Crippen molar-refractivity contribution in [2.75, 3.05) is 7.11 Å². The van der Waals surface area contributed by atoms with Crippen LogP contribution >= 0.6 is 0 Å². The van der Waals surface area contributed by atoms with Crippen molar-refractivity contribution in [1.82, 2.24) is 0 Å². The van der Waals surface area contributed by atoms with Gasteiger partial charge in [-0.15, -0.1) is 0 Å². The maximum absolute atomic E-state index is 11.9. The van der Waals surface area contributed by atoms with Crippen molar-refractivity contribution >= 4 is 5.78 Å². The third kappa shape index (κ3) is 3.78. The summed E-state index contributed by atoms with van der Waals surface area (Å²) in [5, 5.41) is 0. The standard InChI is InChI=1S/C14H20O2/c1-4-5-14(16-3)13(15)10-12-8-6-11(2)7-9-12/h6-9,14H,4-5,10H2,1-3H3. The van der Waals surface area contributed by atoms with Crippen molar-refractivity contribution in [2.45, 2.75) is 39.2 Å². The van der Waals surface area contributed by atoms with E-state index in [-0.39, 0.29) is 11.9 Å². The van der Waals surface area contributed by atoms with Crippen molar-refractivity contribution in [3.05, 3.63) is 35.4 Å². The third-order valence-corrected chi connectivity index (χ3v) is 2.69. The van der Waals surface area contributed by atoms with E-state index in [1.807, 2.05) is 31.2 Å². The topological polar surface area (TPSA) is 26.3 Å². The Morgan fingerprint density at radius 3 is 2.44 bits per heavy atom. The molecule has 1 aromatic carbocycles. The molecule has 1 aromatic rings. The van der Waals surface area contributed by atoms with E-state index >= 15 is 0 Å². The molecule has 0 amide bonds. The fraction of sp³-hybridized carbons (Fsp3) is 0.500. The fourth-order valence-electron chi connectivity index (χ4n) is 1.69. The number of methoxy groups -OCH3 is 1. The number of rotatable bonds is 6. The molecule has 88 valence electrons. The van der Waals surface area contributed by atoms with Crippen molar-refractivity contribution in [1.29, 1.82) is 0 Å². The molecule has 0 saturated heterocycles. The Morgan fingerprint density at radius 2 is 1.94 bits per heavy atom. The van der Waals surface area contributed by atoms with E-state index in [2.05, 4.69) is 6.92 Å². The van der Waals surface area contributed by atoms with Gasteiger partial charge in [-0.05, 0) is 18.9 Å². The van der Waals surface area contributed by atoms with Gasteiger partial charge in [0.15, 0.2) is 5.78 Å². The van der Waals surface area contributed by atoms with Crippen LogP contribution in [0.1, 0.15) is 30.9 Å². The molecule has 0 aliphatic heterocycles. The molecule has 1 unspecified atom stereocenters. The number of aryl methyl sites for hydroxylation is 1. The van der Waals surface area contributed by atoms with Gasteiger partial charge in [-0.25, -0.2) is 0 Å². The zero-order chi connectivity index (χ0) is 12.0. The molecule has 1 rings (SSSR count). The van der Waals surface area contributed by atoms with E-state index in [1.54, 1.807) is 7.11 Å². The molecule has 0 aliphatic carbocycles. The highest BCUT2D eigenvalue weighted by Crippen LogP contribution is 2.09. The summed E-state index contributed by atoms with van der Waals surface area (Å²) in [5.74, 6) is 0.174. The SMILES string of the molecule is CCCC(OC)C(=O)Cc1ccc(C)cc1. The number of benzene rings is 1. The molecule has 2 heteroatoms. The van der Waals surface area contributed by atoms with Crippen LogP contribution in [0.25, 0.3) is 0 Å². The van der Waals surface area contributed by atoms with Gasteiger partial charge in [0.1, 0.15) is 6.10 Å². The predicted octanol–water partition coefficient (Wildman–Crippen LogP) is 2.92. The Morgan fingerprint density at radius 1 is 1.31 bits per heavy atom. The Bertz CT molecular complexity index is 327. The molecule has 0 heterocycles. The summed E-state index contributed by atoms with van der Waals surface area (Å²) in [6, 6.07) is 8.08. The minimum atomic E-state index is -0.244. The molecule has 0 spiro atoms. The molecular formula is C14H20O2. The average molecular weight is 220 g/mol. The maximum Gasteiger partial charge on any atom is 0.165 e. The number of carbonyl (C=O) groups is 1. The lowest BCUT2D eigenvalue weighted by atomic mass is 10.0. The lowest BCUT2D eigenvalue weighted by Crippen LogP contribution is -2.24. The van der Waals surface area contributed by atoms with Crippen LogP contribution in [0.3, 0.4) is 0 Å². The fourth-order valence-corrected chi connectivity index (χ4v) is 1.69. The van der Waals surface area contributed by atoms with E-state index in [0.29, 0.717) is 6.42 Å². The summed E-state index contributed by atoms with van der Waals surface area (Å²) in [5.41, 5.74) is 2.28. The summed E-state index contributed by atoms with van der Waals surface area (Å²) < 4.78 is 5.20. The Kier molecular flexibility index (Phi) is 5.20. The molecule has 0 fully saturated rings. The molecule has 2 nitrogen and oxygen atoms in total. The highest BCUT2D eigenvalue weighted by atomic mass is 16.5. The quantitative estimate of drug-likeness (QED) is 0.736. The maximum atomic E-state index is 11.9. The Balaban J connectivity index is 2.59. The summed E-state index contributed by atoms with van der Waals surface area (Å²) in [4.78, 5) is 11.9. The minimum Gasteiger partial charge on any atom is -0.374 e. The number of ether oxygens (including phenoxy) is 1. The molecule has 0 radical (unpaired) electrons. The van der Waals surface area contributed by atoms with E-state index in [1.165, 1.54) is 5.56 Å². The van der Waals surface area contributed by atoms with Gasteiger partial charge >= 0.3 is 0 Å². The zero-order valence-corrected chi connectivity index (χ0v) is 10.3. The van der Waals surface area contributed by atoms with Crippen molar-refractivity contribution < 1.29 is 9.53 Å². The summed E-state index contributed by atoms with van der Waals surface area (Å²) in [7, 11) is 1.60. The molecule has 0 bridgehead atoms. The van der Waals surface area contributed by atoms with Gasteiger partial charge < -0.3 is 4.74 Å². The van der Waals surface area contributed by atoms with Crippen LogP contribution in [0.15, 0.2) is 24.3 Å². The summed E-state index contributed by atoms with van der Waals surface area (Å²) >= 11 is 0. The summed E-state index contributed by atoms with van der Waals surface area (Å²) in [6.07, 6.45) is 2.00. The number of carbonyl (C=O) groups excluding carboxylic acids is 1. The molecular weight excluding hydrogens is 200 g/mol. The number of hydrogen-bond donors (Lipinski definition) is 0. The lowest BCUT2D eigenvalue weighted by Gasteiger charge is -2.12. The highest BCUT2D eigenvalue weighted by molar-refractivity contribution is 5.85. The second kappa shape index (κ2) is 6.44. The van der Waals surface area contributed by atoms with Gasteiger partial charge in [-0.2, -0.15) is 0 Å². The van der Waals surface area contributed by atoms with E-state index < -0.39 is 0 Å². The molecule has 0 aliphatic rings. The van der Waals surface area contributed by atoms with Crippen LogP contribution in [0.4, 0.5) is 0 Å². The van der Waals surface area contributed by atoms with Crippen LogP contribution in [-0.2, 0) is 16.0 Å². The minimum absolute atomic E-state index is 0.174. The van der Waals surface area contributed by atoms with Gasteiger partial charge in [0.2, 0.25) is 0 Å². The predicted molar refractivity (Wildman–Crippen MR) is 65.6 cm³/mol. The lowest BCUT2D eigenvalue weighted by molar-refractivity contribution is -0.128. The van der Waals surface area contributed by atoms with Gasteiger partial charge in [0, 0.05) is 13.5 Å². The molecule has 0 saturated carbocycles. The van der Waals surface area contributed by atoms with Crippen LogP contribution in [0.5, 0.6) is 0 Å². The van der Waals surface area contributed by atoms with Crippen molar-refractivity contribution in [2.24, 2.45) is 0 Å². The molecule has 0 N–H and O–H groups in total. The first-order valence-corrected chi connectivity index (χ1v) is 5.78. The van der Waals surface area contributed by atoms with E-state index in [0.717, 1.165) is 18.4 Å². The first-order chi connectivity index (χ1) is 7.67. The first-order valence-electron chi connectivity index (χ1n) is 5.78. The second-order valence-corrected chi connectivity index (χ2v) is 4.14. The average Bonchev–Trinajstić information content (AvgIpc) is 2.29. The van der Waals surface area contributed by atoms with Gasteiger partial charge in [-0.1, -0.05) is 43.2 Å². The Labute approximate surface area is 97.6 Å². The van der Waals surface area contributed by atoms with Crippen LogP contribution < -0.4 is 0 Å². The number of hydrogen-bond acceptors (Lipinski definition) is 2. The van der Waals surface area contributed by atoms with Crippen molar-refractivity contribution in [3.63, 3.8) is 0 Å². The van der Waals surface area contributed by atoms with Crippen molar-refractivity contribution in [3.8, 4) is 0 Å². The van der Waals surface area contributed by atoms with E-state index in [4.69, 9.17) is 4.74 Å². The van der Waals surface area contributed by atoms with Gasteiger partial charge in [-0.3, -0.25) is 4.79 Å². The smallest absolute Gasteiger partial charge is 0.165 e. The van der Waals surface area contributed by atoms with Crippen LogP contribution in [0, 0.1) is 6.92 Å². The van der Waals surface area contributed by atoms with E-state index in [9.17, 15) is 4.79 Å². The highest BCUT2D eigenvalue weighted by Gasteiger charge is 2.16. The molecule has 0 aromatic heterocycles. The summed E-state index contributed by atoms with van der Waals surface area (Å²) in [6.45, 7) is 4.10. The first kappa shape index (κ1) is 12.9. The largest absolute Gasteiger partial charge is 0.374 e. The van der Waals surface area contributed by atoms with Crippen LogP contribution in [-0.4, -0.2) is 19.0 Å². The number of ketones is 1. The normalized spacial score (nSPS) is 12.4. The van der Waals surface area contributed by atoms with Gasteiger partial charge in [0.05, 0.1) is 0 Å². The third-order valence-electron chi connectivity index (χ3n) is 2.69. The Hall–Kier alpha value is -1.15. The van der Waals surface area contributed by atoms with Gasteiger partial charge in [0.25, 0.3) is 0 Å². The number of Topliss-reactive ketones (excluding diaryl/α,β-unsaturated/α-hetero) is 1. The van der Waals surface area contributed by atoms with Crippen LogP contribution in [0.2, 0.25) is 0 Å². The molecule has 1 atom stereocenters.